The quantitative estimate of drug-likeness (QED) is 0.500. The van der Waals surface area contributed by atoms with Crippen molar-refractivity contribution in [1.82, 2.24) is 0 Å². The predicted molar refractivity (Wildman–Crippen MR) is 37.0 cm³/mol. The molecular weight excluding hydrogens is 114 g/mol. The molecule has 1 saturated carbocycles. The Kier molecular flexibility index (Phi) is 2.09. The van der Waals surface area contributed by atoms with E-state index in [-0.39, 0.29) is 12.1 Å². The Morgan fingerprint density at radius 1 is 1.44 bits per heavy atom. The second-order valence-electron chi connectivity index (χ2n) is 3.05. The highest BCUT2D eigenvalue weighted by Crippen LogP contribution is 2.22. The fourth-order valence-corrected chi connectivity index (χ4v) is 1.41. The van der Waals surface area contributed by atoms with E-state index in [1.54, 1.807) is 0 Å². The second kappa shape index (κ2) is 2.67. The average molecular weight is 129 g/mol. The molecule has 1 aliphatic carbocycles. The van der Waals surface area contributed by atoms with Gasteiger partial charge in [-0.15, -0.1) is 0 Å². The van der Waals surface area contributed by atoms with Crippen molar-refractivity contribution in [3.05, 3.63) is 0 Å². The van der Waals surface area contributed by atoms with E-state index in [4.69, 9.17) is 5.73 Å². The molecule has 3 N–H and O–H groups in total. The van der Waals surface area contributed by atoms with E-state index in [1.807, 2.05) is 0 Å². The van der Waals surface area contributed by atoms with Crippen molar-refractivity contribution in [1.29, 1.82) is 0 Å². The highest BCUT2D eigenvalue weighted by Gasteiger charge is 2.25. The van der Waals surface area contributed by atoms with Crippen molar-refractivity contribution in [2.45, 2.75) is 38.3 Å². The minimum Gasteiger partial charge on any atom is -0.392 e. The lowest BCUT2D eigenvalue weighted by Crippen LogP contribution is -2.43. The molecule has 1 aliphatic rings. The highest BCUT2D eigenvalue weighted by atomic mass is 16.3. The maximum absolute atomic E-state index is 9.22. The lowest BCUT2D eigenvalue weighted by molar-refractivity contribution is 0.0817. The molecule has 1 fully saturated rings. The van der Waals surface area contributed by atoms with E-state index in [1.165, 1.54) is 6.42 Å². The Hall–Kier alpha value is -0.0800. The van der Waals surface area contributed by atoms with E-state index in [0.717, 1.165) is 12.8 Å². The number of hydrogen-bond acceptors (Lipinski definition) is 2. The van der Waals surface area contributed by atoms with E-state index in [2.05, 4.69) is 6.92 Å². The number of hydrogen-bond donors (Lipinski definition) is 2. The van der Waals surface area contributed by atoms with Crippen LogP contribution in [0.4, 0.5) is 0 Å². The summed E-state index contributed by atoms with van der Waals surface area (Å²) in [6.07, 6.45) is 2.97. The van der Waals surface area contributed by atoms with Crippen molar-refractivity contribution in [2.75, 3.05) is 0 Å². The van der Waals surface area contributed by atoms with Crippen molar-refractivity contribution in [3.8, 4) is 0 Å². The standard InChI is InChI=1S/C7H15NO/c1-5-3-2-4-6(9)7(5)8/h5-7,9H,2-4,8H2,1H3/t5-,6+,7-/m0/s1. The number of aliphatic hydroxyl groups excluding tert-OH is 1. The topological polar surface area (TPSA) is 46.2 Å². The van der Waals surface area contributed by atoms with Gasteiger partial charge >= 0.3 is 0 Å². The third kappa shape index (κ3) is 1.43. The zero-order chi connectivity index (χ0) is 6.85. The molecule has 0 aliphatic heterocycles. The summed E-state index contributed by atoms with van der Waals surface area (Å²) in [4.78, 5) is 0. The first-order chi connectivity index (χ1) is 4.22. The lowest BCUT2D eigenvalue weighted by atomic mass is 9.84. The van der Waals surface area contributed by atoms with Crippen molar-refractivity contribution in [3.63, 3.8) is 0 Å². The normalized spacial score (nSPS) is 45.0. The van der Waals surface area contributed by atoms with Gasteiger partial charge < -0.3 is 10.8 Å². The summed E-state index contributed by atoms with van der Waals surface area (Å²) in [5.41, 5.74) is 5.67. The summed E-state index contributed by atoms with van der Waals surface area (Å²) in [7, 11) is 0. The summed E-state index contributed by atoms with van der Waals surface area (Å²) >= 11 is 0. The Morgan fingerprint density at radius 2 is 2.11 bits per heavy atom. The van der Waals surface area contributed by atoms with Crippen molar-refractivity contribution >= 4 is 0 Å². The Balaban J connectivity index is 2.41. The van der Waals surface area contributed by atoms with E-state index >= 15 is 0 Å². The van der Waals surface area contributed by atoms with Gasteiger partial charge in [-0.05, 0) is 18.8 Å². The predicted octanol–water partition coefficient (Wildman–Crippen LogP) is 0.495. The molecule has 2 nitrogen and oxygen atoms in total. The molecule has 0 radical (unpaired) electrons. The molecule has 54 valence electrons. The van der Waals surface area contributed by atoms with Gasteiger partial charge in [-0.3, -0.25) is 0 Å². The van der Waals surface area contributed by atoms with Crippen LogP contribution < -0.4 is 5.73 Å². The molecule has 0 aromatic carbocycles. The van der Waals surface area contributed by atoms with Crippen LogP contribution in [0.3, 0.4) is 0 Å². The van der Waals surface area contributed by atoms with Crippen LogP contribution in [0.25, 0.3) is 0 Å². The highest BCUT2D eigenvalue weighted by molar-refractivity contribution is 4.81. The lowest BCUT2D eigenvalue weighted by Gasteiger charge is -2.29. The van der Waals surface area contributed by atoms with Gasteiger partial charge in [0, 0.05) is 6.04 Å². The zero-order valence-corrected chi connectivity index (χ0v) is 5.88. The Morgan fingerprint density at radius 3 is 2.56 bits per heavy atom. The van der Waals surface area contributed by atoms with Crippen LogP contribution in [0.2, 0.25) is 0 Å². The molecule has 3 atom stereocenters. The van der Waals surface area contributed by atoms with Crippen LogP contribution in [0.5, 0.6) is 0 Å². The summed E-state index contributed by atoms with van der Waals surface area (Å²) in [6, 6.07) is 0.0266. The second-order valence-corrected chi connectivity index (χ2v) is 3.05. The van der Waals surface area contributed by atoms with Crippen LogP contribution >= 0.6 is 0 Å². The first-order valence-electron chi connectivity index (χ1n) is 3.65. The molecule has 0 unspecified atom stereocenters. The molecule has 1 rings (SSSR count). The fraction of sp³-hybridized carbons (Fsp3) is 1.00. The molecule has 0 aromatic heterocycles. The van der Waals surface area contributed by atoms with Gasteiger partial charge in [-0.2, -0.15) is 0 Å². The summed E-state index contributed by atoms with van der Waals surface area (Å²) in [5, 5.41) is 9.22. The average Bonchev–Trinajstić information content (AvgIpc) is 1.83. The van der Waals surface area contributed by atoms with E-state index in [0.29, 0.717) is 5.92 Å². The van der Waals surface area contributed by atoms with Crippen LogP contribution in [0, 0.1) is 5.92 Å². The monoisotopic (exact) mass is 129 g/mol. The zero-order valence-electron chi connectivity index (χ0n) is 5.88. The van der Waals surface area contributed by atoms with Gasteiger partial charge in [0.05, 0.1) is 6.10 Å². The third-order valence-corrected chi connectivity index (χ3v) is 2.26. The smallest absolute Gasteiger partial charge is 0.0693 e. The molecule has 0 bridgehead atoms. The molecule has 0 amide bonds. The van der Waals surface area contributed by atoms with Gasteiger partial charge in [-0.25, -0.2) is 0 Å². The summed E-state index contributed by atoms with van der Waals surface area (Å²) < 4.78 is 0. The van der Waals surface area contributed by atoms with Crippen molar-refractivity contribution < 1.29 is 5.11 Å². The maximum atomic E-state index is 9.22. The first kappa shape index (κ1) is 7.03. The minimum absolute atomic E-state index is 0.0266. The van der Waals surface area contributed by atoms with Crippen LogP contribution in [-0.4, -0.2) is 17.3 Å². The summed E-state index contributed by atoms with van der Waals surface area (Å²) in [6.45, 7) is 2.10. The van der Waals surface area contributed by atoms with Crippen molar-refractivity contribution in [2.24, 2.45) is 11.7 Å². The van der Waals surface area contributed by atoms with Crippen LogP contribution in [0.1, 0.15) is 26.2 Å². The number of nitrogens with two attached hydrogens (primary N) is 1. The number of aliphatic hydroxyl groups is 1. The van der Waals surface area contributed by atoms with Gasteiger partial charge in [0.2, 0.25) is 0 Å². The van der Waals surface area contributed by atoms with Gasteiger partial charge in [0.1, 0.15) is 0 Å². The third-order valence-electron chi connectivity index (χ3n) is 2.26. The van der Waals surface area contributed by atoms with Gasteiger partial charge in [0.15, 0.2) is 0 Å². The number of rotatable bonds is 0. The largest absolute Gasteiger partial charge is 0.392 e. The SMILES string of the molecule is C[C@H]1CCC[C@@H](O)[C@H]1N. The molecule has 2 heteroatoms. The molecule has 0 heterocycles. The Labute approximate surface area is 56.1 Å². The first-order valence-corrected chi connectivity index (χ1v) is 3.65. The van der Waals surface area contributed by atoms with Gasteiger partial charge in [-0.1, -0.05) is 13.3 Å². The molecular formula is C7H15NO. The van der Waals surface area contributed by atoms with Gasteiger partial charge in [0.25, 0.3) is 0 Å². The van der Waals surface area contributed by atoms with E-state index in [9.17, 15) is 5.11 Å². The Bertz CT molecular complexity index is 84.9. The molecule has 0 aromatic rings. The van der Waals surface area contributed by atoms with E-state index < -0.39 is 0 Å². The molecule has 0 spiro atoms. The summed E-state index contributed by atoms with van der Waals surface area (Å²) in [5.74, 6) is 0.508. The fourth-order valence-electron chi connectivity index (χ4n) is 1.41. The van der Waals surface area contributed by atoms with Crippen LogP contribution in [-0.2, 0) is 0 Å². The van der Waals surface area contributed by atoms with Crippen LogP contribution in [0.15, 0.2) is 0 Å². The minimum atomic E-state index is -0.242. The molecule has 9 heavy (non-hydrogen) atoms. The molecule has 0 saturated heterocycles. The maximum Gasteiger partial charge on any atom is 0.0693 e.